The minimum Gasteiger partial charge on any atom is -0.293 e. The first-order chi connectivity index (χ1) is 6.34. The molecule has 14 heavy (non-hydrogen) atoms. The molecule has 1 aromatic rings. The fourth-order valence-corrected chi connectivity index (χ4v) is 2.33. The summed E-state index contributed by atoms with van der Waals surface area (Å²) < 4.78 is 22.6. The van der Waals surface area contributed by atoms with Crippen LogP contribution in [0.3, 0.4) is 0 Å². The molecule has 1 rings (SSSR count). The molecular weight excluding hydrogens is 244 g/mol. The lowest BCUT2D eigenvalue weighted by atomic mass is 10.2. The summed E-state index contributed by atoms with van der Waals surface area (Å²) in [6.45, 7) is 1.37. The number of sulfone groups is 1. The second kappa shape index (κ2) is 4.00. The second-order valence-electron chi connectivity index (χ2n) is 2.94. The van der Waals surface area contributed by atoms with Crippen LogP contribution >= 0.6 is 22.9 Å². The zero-order chi connectivity index (χ0) is 10.9. The van der Waals surface area contributed by atoms with E-state index in [4.69, 9.17) is 11.6 Å². The summed E-state index contributed by atoms with van der Waals surface area (Å²) in [5, 5.41) is 0.625. The lowest BCUT2D eigenvalue weighted by molar-refractivity contribution is 0.0992. The number of carbonyl (C=O) groups is 1. The molecule has 3 nitrogen and oxygen atoms in total. The van der Waals surface area contributed by atoms with E-state index in [1.165, 1.54) is 24.3 Å². The van der Waals surface area contributed by atoms with Gasteiger partial charge in [-0.25, -0.2) is 8.42 Å². The van der Waals surface area contributed by atoms with Crippen molar-refractivity contribution >= 4 is 38.6 Å². The highest BCUT2D eigenvalue weighted by atomic mass is 35.5. The molecule has 0 aliphatic heterocycles. The van der Waals surface area contributed by atoms with E-state index in [1.54, 1.807) is 5.38 Å². The Kier molecular flexibility index (Phi) is 3.34. The molecule has 0 N–H and O–H groups in total. The Bertz CT molecular complexity index is 447. The van der Waals surface area contributed by atoms with Crippen molar-refractivity contribution in [3.8, 4) is 0 Å². The number of thiophene rings is 1. The molecule has 0 aromatic carbocycles. The number of rotatable bonds is 3. The maximum absolute atomic E-state index is 11.6. The molecule has 0 fully saturated rings. The Morgan fingerprint density at radius 1 is 1.57 bits per heavy atom. The number of hydrogen-bond acceptors (Lipinski definition) is 4. The smallest absolute Gasteiger partial charge is 0.183 e. The zero-order valence-electron chi connectivity index (χ0n) is 7.65. The van der Waals surface area contributed by atoms with E-state index < -0.39 is 20.9 Å². The predicted molar refractivity (Wildman–Crippen MR) is 58.0 cm³/mol. The number of hydrogen-bond donors (Lipinski definition) is 0. The van der Waals surface area contributed by atoms with Crippen LogP contribution in [0.15, 0.2) is 11.4 Å². The van der Waals surface area contributed by atoms with Crippen molar-refractivity contribution in [3.63, 3.8) is 0 Å². The van der Waals surface area contributed by atoms with Gasteiger partial charge in [-0.05, 0) is 18.4 Å². The van der Waals surface area contributed by atoms with E-state index in [-0.39, 0.29) is 5.56 Å². The summed E-state index contributed by atoms with van der Waals surface area (Å²) >= 11 is 6.94. The lowest BCUT2D eigenvalue weighted by Gasteiger charge is -2.06. The lowest BCUT2D eigenvalue weighted by Crippen LogP contribution is -2.26. The van der Waals surface area contributed by atoms with E-state index in [0.29, 0.717) is 4.34 Å². The first-order valence-corrected chi connectivity index (χ1v) is 7.01. The summed E-state index contributed by atoms with van der Waals surface area (Å²) in [7, 11) is -3.35. The van der Waals surface area contributed by atoms with E-state index in [2.05, 4.69) is 0 Å². The number of ketones is 1. The van der Waals surface area contributed by atoms with Gasteiger partial charge < -0.3 is 0 Å². The van der Waals surface area contributed by atoms with E-state index in [0.717, 1.165) is 6.26 Å². The summed E-state index contributed by atoms with van der Waals surface area (Å²) in [5.41, 5.74) is 0.287. The van der Waals surface area contributed by atoms with Gasteiger partial charge in [0.1, 0.15) is 9.59 Å². The largest absolute Gasteiger partial charge is 0.293 e. The van der Waals surface area contributed by atoms with Crippen molar-refractivity contribution in [2.45, 2.75) is 12.2 Å². The van der Waals surface area contributed by atoms with Gasteiger partial charge in [-0.3, -0.25) is 4.79 Å². The Hall–Kier alpha value is -0.390. The standard InChI is InChI=1S/C8H9ClO3S2/c1-5(14(2,11)12)7(10)6-3-4-13-8(6)9/h3-5H,1-2H3. The third kappa shape index (κ3) is 2.34. The molecule has 1 heterocycles. The molecule has 1 aromatic heterocycles. The van der Waals surface area contributed by atoms with Gasteiger partial charge in [0, 0.05) is 11.8 Å². The van der Waals surface area contributed by atoms with Gasteiger partial charge in [-0.15, -0.1) is 11.3 Å². The van der Waals surface area contributed by atoms with Crippen LogP contribution in [0, 0.1) is 0 Å². The molecular formula is C8H9ClO3S2. The van der Waals surface area contributed by atoms with Crippen molar-refractivity contribution in [2.24, 2.45) is 0 Å². The molecule has 1 atom stereocenters. The van der Waals surface area contributed by atoms with Crippen LogP contribution in [0.4, 0.5) is 0 Å². The minimum absolute atomic E-state index is 0.287. The maximum Gasteiger partial charge on any atom is 0.183 e. The summed E-state index contributed by atoms with van der Waals surface area (Å²) in [6, 6.07) is 1.54. The van der Waals surface area contributed by atoms with Gasteiger partial charge in [-0.1, -0.05) is 11.6 Å². The van der Waals surface area contributed by atoms with Crippen LogP contribution in [0.2, 0.25) is 4.34 Å². The summed E-state index contributed by atoms with van der Waals surface area (Å²) in [4.78, 5) is 11.6. The second-order valence-corrected chi connectivity index (χ2v) is 6.83. The normalized spacial score (nSPS) is 13.9. The highest BCUT2D eigenvalue weighted by molar-refractivity contribution is 7.92. The van der Waals surface area contributed by atoms with E-state index in [9.17, 15) is 13.2 Å². The van der Waals surface area contributed by atoms with Gasteiger partial charge in [0.15, 0.2) is 15.6 Å². The molecule has 0 aliphatic rings. The third-order valence-electron chi connectivity index (χ3n) is 1.89. The van der Waals surface area contributed by atoms with E-state index in [1.807, 2.05) is 0 Å². The van der Waals surface area contributed by atoms with E-state index >= 15 is 0 Å². The molecule has 1 unspecified atom stereocenters. The predicted octanol–water partition coefficient (Wildman–Crippen LogP) is 2.02. The number of carbonyl (C=O) groups excluding carboxylic acids is 1. The fourth-order valence-electron chi connectivity index (χ4n) is 0.883. The molecule has 0 radical (unpaired) electrons. The Labute approximate surface area is 91.6 Å². The van der Waals surface area contributed by atoms with Crippen LogP contribution in [0.5, 0.6) is 0 Å². The average molecular weight is 253 g/mol. The molecule has 0 spiro atoms. The van der Waals surface area contributed by atoms with Crippen LogP contribution < -0.4 is 0 Å². The molecule has 0 saturated carbocycles. The minimum atomic E-state index is -3.35. The van der Waals surface area contributed by atoms with Gasteiger partial charge >= 0.3 is 0 Å². The van der Waals surface area contributed by atoms with Crippen LogP contribution in [0.25, 0.3) is 0 Å². The summed E-state index contributed by atoms with van der Waals surface area (Å²) in [5.74, 6) is -0.446. The molecule has 0 amide bonds. The van der Waals surface area contributed by atoms with Gasteiger partial charge in [0.2, 0.25) is 0 Å². The van der Waals surface area contributed by atoms with Crippen molar-refractivity contribution < 1.29 is 13.2 Å². The third-order valence-corrected chi connectivity index (χ3v) is 4.56. The molecule has 0 bridgehead atoms. The van der Waals surface area contributed by atoms with Crippen molar-refractivity contribution in [3.05, 3.63) is 21.3 Å². The average Bonchev–Trinajstić information content (AvgIpc) is 2.47. The number of Topliss-reactive ketones (excluding diaryl/α,β-unsaturated/α-hetero) is 1. The fraction of sp³-hybridized carbons (Fsp3) is 0.375. The molecule has 6 heteroatoms. The Balaban J connectivity index is 3.04. The van der Waals surface area contributed by atoms with Gasteiger partial charge in [0.25, 0.3) is 0 Å². The topological polar surface area (TPSA) is 51.2 Å². The Morgan fingerprint density at radius 3 is 2.50 bits per heavy atom. The molecule has 0 saturated heterocycles. The Morgan fingerprint density at radius 2 is 2.14 bits per heavy atom. The van der Waals surface area contributed by atoms with Crippen LogP contribution in [0.1, 0.15) is 17.3 Å². The molecule has 0 aliphatic carbocycles. The van der Waals surface area contributed by atoms with Gasteiger partial charge in [0.05, 0.1) is 0 Å². The quantitative estimate of drug-likeness (QED) is 0.774. The first kappa shape index (κ1) is 11.7. The zero-order valence-corrected chi connectivity index (χ0v) is 10.0. The molecule has 78 valence electrons. The van der Waals surface area contributed by atoms with Crippen molar-refractivity contribution in [1.82, 2.24) is 0 Å². The highest BCUT2D eigenvalue weighted by Crippen LogP contribution is 2.24. The van der Waals surface area contributed by atoms with Crippen LogP contribution in [-0.2, 0) is 9.84 Å². The number of halogens is 1. The van der Waals surface area contributed by atoms with Crippen molar-refractivity contribution in [2.75, 3.05) is 6.26 Å². The van der Waals surface area contributed by atoms with Crippen LogP contribution in [-0.4, -0.2) is 25.7 Å². The SMILES string of the molecule is CC(C(=O)c1ccsc1Cl)S(C)(=O)=O. The van der Waals surface area contributed by atoms with Gasteiger partial charge in [-0.2, -0.15) is 0 Å². The highest BCUT2D eigenvalue weighted by Gasteiger charge is 2.26. The maximum atomic E-state index is 11.6. The van der Waals surface area contributed by atoms with Crippen molar-refractivity contribution in [1.29, 1.82) is 0 Å². The summed E-state index contributed by atoms with van der Waals surface area (Å²) in [6.07, 6.45) is 1.04. The first-order valence-electron chi connectivity index (χ1n) is 3.80. The monoisotopic (exact) mass is 252 g/mol.